The van der Waals surface area contributed by atoms with E-state index in [2.05, 4.69) is 62.2 Å². The molecule has 20 heavy (non-hydrogen) atoms. The minimum atomic E-state index is 0.541. The number of hydrogen-bond donors (Lipinski definition) is 1. The average molecular weight is 334 g/mol. The van der Waals surface area contributed by atoms with Gasteiger partial charge in [-0.05, 0) is 53.7 Å². The van der Waals surface area contributed by atoms with Crippen molar-refractivity contribution in [2.75, 3.05) is 0 Å². The fraction of sp³-hybridized carbons (Fsp3) is 0.438. The Morgan fingerprint density at radius 2 is 1.95 bits per heavy atom. The third-order valence-corrected chi connectivity index (χ3v) is 5.09. The molecule has 3 rings (SSSR count). The van der Waals surface area contributed by atoms with Crippen molar-refractivity contribution < 1.29 is 0 Å². The van der Waals surface area contributed by atoms with Crippen molar-refractivity contribution in [3.8, 4) is 0 Å². The molecule has 0 unspecified atom stereocenters. The summed E-state index contributed by atoms with van der Waals surface area (Å²) in [5.41, 5.74) is 5.30. The summed E-state index contributed by atoms with van der Waals surface area (Å²) in [5.74, 6) is 0. The molecule has 0 bridgehead atoms. The number of aryl methyl sites for hydroxylation is 2. The molecule has 3 nitrogen and oxygen atoms in total. The van der Waals surface area contributed by atoms with Crippen molar-refractivity contribution in [1.82, 2.24) is 15.1 Å². The average Bonchev–Trinajstić information content (AvgIpc) is 2.98. The Bertz CT molecular complexity index is 593. The molecule has 4 heteroatoms. The fourth-order valence-corrected chi connectivity index (χ4v) is 3.41. The molecule has 1 aromatic heterocycles. The van der Waals surface area contributed by atoms with Crippen LogP contribution < -0.4 is 5.32 Å². The molecule has 0 saturated heterocycles. The zero-order chi connectivity index (χ0) is 14.1. The van der Waals surface area contributed by atoms with Crippen LogP contribution in [0, 0.1) is 6.92 Å². The van der Waals surface area contributed by atoms with Crippen LogP contribution in [0.2, 0.25) is 0 Å². The van der Waals surface area contributed by atoms with Gasteiger partial charge < -0.3 is 5.32 Å². The van der Waals surface area contributed by atoms with Crippen LogP contribution in [0.1, 0.15) is 29.4 Å². The van der Waals surface area contributed by atoms with E-state index >= 15 is 0 Å². The predicted octanol–water partition coefficient (Wildman–Crippen LogP) is 3.23. The summed E-state index contributed by atoms with van der Waals surface area (Å²) in [6.07, 6.45) is 2.26. The van der Waals surface area contributed by atoms with Crippen LogP contribution in [0.5, 0.6) is 0 Å². The molecule has 0 aliphatic heterocycles. The third-order valence-electron chi connectivity index (χ3n) is 4.06. The Labute approximate surface area is 128 Å². The van der Waals surface area contributed by atoms with E-state index in [9.17, 15) is 0 Å². The molecule has 0 saturated carbocycles. The highest BCUT2D eigenvalue weighted by Gasteiger charge is 2.21. The van der Waals surface area contributed by atoms with Crippen molar-refractivity contribution in [3.05, 3.63) is 51.3 Å². The Hall–Kier alpha value is -1.13. The number of fused-ring (bicyclic) bond motifs is 1. The number of hydrogen-bond acceptors (Lipinski definition) is 2. The highest BCUT2D eigenvalue weighted by atomic mass is 79.9. The van der Waals surface area contributed by atoms with E-state index in [4.69, 9.17) is 0 Å². The lowest BCUT2D eigenvalue weighted by Gasteiger charge is -2.13. The molecule has 106 valence electrons. The normalized spacial score (nSPS) is 14.8. The van der Waals surface area contributed by atoms with Gasteiger partial charge in [0.15, 0.2) is 0 Å². The van der Waals surface area contributed by atoms with Gasteiger partial charge in [-0.25, -0.2) is 0 Å². The van der Waals surface area contributed by atoms with E-state index in [0.717, 1.165) is 36.1 Å². The summed E-state index contributed by atoms with van der Waals surface area (Å²) < 4.78 is 3.22. The minimum absolute atomic E-state index is 0.541. The maximum atomic E-state index is 4.54. The quantitative estimate of drug-likeness (QED) is 0.930. The second kappa shape index (κ2) is 5.70. The lowest BCUT2D eigenvalue weighted by molar-refractivity contribution is 0.504. The fourth-order valence-electron chi connectivity index (χ4n) is 2.98. The van der Waals surface area contributed by atoms with Gasteiger partial charge in [0, 0.05) is 19.1 Å². The lowest BCUT2D eigenvalue weighted by atomic mass is 10.1. The molecule has 1 N–H and O–H groups in total. The summed E-state index contributed by atoms with van der Waals surface area (Å²) in [6.45, 7) is 5.96. The van der Waals surface area contributed by atoms with Crippen LogP contribution in [0.25, 0.3) is 0 Å². The van der Waals surface area contributed by atoms with E-state index < -0.39 is 0 Å². The van der Waals surface area contributed by atoms with Gasteiger partial charge in [-0.2, -0.15) is 5.10 Å². The molecule has 2 aromatic rings. The van der Waals surface area contributed by atoms with Gasteiger partial charge in [-0.15, -0.1) is 0 Å². The maximum Gasteiger partial charge on any atom is 0.0739 e. The molecular weight excluding hydrogens is 314 g/mol. The van der Waals surface area contributed by atoms with Crippen LogP contribution in [-0.2, 0) is 25.9 Å². The molecule has 1 heterocycles. The van der Waals surface area contributed by atoms with Crippen molar-refractivity contribution in [2.24, 2.45) is 0 Å². The van der Waals surface area contributed by atoms with Crippen LogP contribution in [0.3, 0.4) is 0 Å². The van der Waals surface area contributed by atoms with Crippen molar-refractivity contribution in [2.45, 2.75) is 45.8 Å². The summed E-state index contributed by atoms with van der Waals surface area (Å²) in [5, 5.41) is 8.23. The van der Waals surface area contributed by atoms with Crippen LogP contribution in [0.15, 0.2) is 28.7 Å². The van der Waals surface area contributed by atoms with Gasteiger partial charge in [0.1, 0.15) is 0 Å². The number of aromatic nitrogens is 2. The van der Waals surface area contributed by atoms with Gasteiger partial charge >= 0.3 is 0 Å². The van der Waals surface area contributed by atoms with Gasteiger partial charge in [0.05, 0.1) is 15.9 Å². The molecular formula is C16H20BrN3. The minimum Gasteiger partial charge on any atom is -0.308 e. The third kappa shape index (κ3) is 2.54. The Balaban J connectivity index is 1.67. The SMILES string of the molecule is CCn1nc(C)c(Br)c1CNC1Cc2ccccc2C1. The monoisotopic (exact) mass is 333 g/mol. The topological polar surface area (TPSA) is 29.9 Å². The Morgan fingerprint density at radius 3 is 2.55 bits per heavy atom. The molecule has 1 aliphatic rings. The zero-order valence-electron chi connectivity index (χ0n) is 12.0. The molecule has 0 amide bonds. The largest absolute Gasteiger partial charge is 0.308 e. The first-order chi connectivity index (χ1) is 9.69. The second-order valence-corrected chi connectivity index (χ2v) is 6.21. The van der Waals surface area contributed by atoms with Crippen molar-refractivity contribution >= 4 is 15.9 Å². The maximum absolute atomic E-state index is 4.54. The van der Waals surface area contributed by atoms with Gasteiger partial charge in [0.2, 0.25) is 0 Å². The van der Waals surface area contributed by atoms with Crippen LogP contribution in [-0.4, -0.2) is 15.8 Å². The van der Waals surface area contributed by atoms with E-state index in [1.807, 2.05) is 6.92 Å². The summed E-state index contributed by atoms with van der Waals surface area (Å²) >= 11 is 3.66. The number of nitrogens with zero attached hydrogens (tertiary/aromatic N) is 2. The number of nitrogens with one attached hydrogen (secondary N) is 1. The molecule has 0 radical (unpaired) electrons. The number of halogens is 1. The molecule has 0 fully saturated rings. The standard InChI is InChI=1S/C16H20BrN3/c1-3-20-15(16(17)11(2)19-20)10-18-14-8-12-6-4-5-7-13(12)9-14/h4-7,14,18H,3,8-10H2,1-2H3. The van der Waals surface area contributed by atoms with Crippen molar-refractivity contribution in [3.63, 3.8) is 0 Å². The second-order valence-electron chi connectivity index (χ2n) is 5.42. The molecule has 0 atom stereocenters. The zero-order valence-corrected chi connectivity index (χ0v) is 13.6. The summed E-state index contributed by atoms with van der Waals surface area (Å²) in [6, 6.07) is 9.29. The summed E-state index contributed by atoms with van der Waals surface area (Å²) in [7, 11) is 0. The molecule has 1 aliphatic carbocycles. The van der Waals surface area contributed by atoms with E-state index in [1.165, 1.54) is 16.8 Å². The molecule has 1 aromatic carbocycles. The smallest absolute Gasteiger partial charge is 0.0739 e. The first-order valence-corrected chi connectivity index (χ1v) is 8.00. The van der Waals surface area contributed by atoms with E-state index in [1.54, 1.807) is 0 Å². The van der Waals surface area contributed by atoms with Gasteiger partial charge in [-0.3, -0.25) is 4.68 Å². The highest BCUT2D eigenvalue weighted by molar-refractivity contribution is 9.10. The number of rotatable bonds is 4. The first-order valence-electron chi connectivity index (χ1n) is 7.21. The Morgan fingerprint density at radius 1 is 1.30 bits per heavy atom. The van der Waals surface area contributed by atoms with E-state index in [-0.39, 0.29) is 0 Å². The van der Waals surface area contributed by atoms with Crippen LogP contribution >= 0.6 is 15.9 Å². The number of benzene rings is 1. The predicted molar refractivity (Wildman–Crippen MR) is 84.8 cm³/mol. The Kier molecular flexibility index (Phi) is 3.94. The first kappa shape index (κ1) is 13.8. The highest BCUT2D eigenvalue weighted by Crippen LogP contribution is 2.24. The van der Waals surface area contributed by atoms with Gasteiger partial charge in [-0.1, -0.05) is 24.3 Å². The van der Waals surface area contributed by atoms with E-state index in [0.29, 0.717) is 6.04 Å². The van der Waals surface area contributed by atoms with Crippen molar-refractivity contribution in [1.29, 1.82) is 0 Å². The van der Waals surface area contributed by atoms with Gasteiger partial charge in [0.25, 0.3) is 0 Å². The lowest BCUT2D eigenvalue weighted by Crippen LogP contribution is -2.30. The van der Waals surface area contributed by atoms with Crippen LogP contribution in [0.4, 0.5) is 0 Å². The molecule has 0 spiro atoms. The summed E-state index contributed by atoms with van der Waals surface area (Å²) in [4.78, 5) is 0.